The molecule has 1 nitrogen and oxygen atoms in total. The Hall–Kier alpha value is -1.22. The van der Waals surface area contributed by atoms with Crippen LogP contribution in [0.1, 0.15) is 32.3 Å². The predicted octanol–water partition coefficient (Wildman–Crippen LogP) is 3.50. The summed E-state index contributed by atoms with van der Waals surface area (Å²) < 4.78 is 25.5. The van der Waals surface area contributed by atoms with Crippen molar-refractivity contribution in [3.8, 4) is 0 Å². The fraction of sp³-hybridized carbons (Fsp3) is 0.385. The Bertz CT molecular complexity index is 378. The molecule has 0 spiro atoms. The van der Waals surface area contributed by atoms with E-state index in [1.807, 2.05) is 19.9 Å². The summed E-state index contributed by atoms with van der Waals surface area (Å²) in [5.74, 6) is -1.64. The highest BCUT2D eigenvalue weighted by atomic mass is 19.2. The Labute approximate surface area is 95.0 Å². The molecule has 0 aliphatic rings. The van der Waals surface area contributed by atoms with Gasteiger partial charge in [-0.2, -0.15) is 0 Å². The van der Waals surface area contributed by atoms with Gasteiger partial charge in [0.1, 0.15) is 0 Å². The maximum atomic E-state index is 12.8. The molecule has 0 fully saturated rings. The Kier molecular flexibility index (Phi) is 4.19. The van der Waals surface area contributed by atoms with Crippen molar-refractivity contribution in [2.24, 2.45) is 5.73 Å². The third-order valence-electron chi connectivity index (χ3n) is 2.21. The van der Waals surface area contributed by atoms with E-state index >= 15 is 0 Å². The molecule has 0 aromatic heterocycles. The third kappa shape index (κ3) is 4.53. The molecule has 0 bridgehead atoms. The van der Waals surface area contributed by atoms with E-state index in [0.717, 1.165) is 18.9 Å². The minimum Gasteiger partial charge on any atom is -0.326 e. The van der Waals surface area contributed by atoms with E-state index < -0.39 is 11.6 Å². The van der Waals surface area contributed by atoms with Crippen molar-refractivity contribution in [2.45, 2.75) is 32.2 Å². The second kappa shape index (κ2) is 5.21. The summed E-state index contributed by atoms with van der Waals surface area (Å²) in [7, 11) is 0. The van der Waals surface area contributed by atoms with E-state index in [1.165, 1.54) is 6.07 Å². The number of hydrogen-bond acceptors (Lipinski definition) is 1. The molecule has 0 heterocycles. The lowest BCUT2D eigenvalue weighted by Gasteiger charge is -2.16. The van der Waals surface area contributed by atoms with Gasteiger partial charge in [-0.3, -0.25) is 0 Å². The van der Waals surface area contributed by atoms with Gasteiger partial charge in [0.2, 0.25) is 0 Å². The van der Waals surface area contributed by atoms with Gasteiger partial charge in [0.15, 0.2) is 11.6 Å². The van der Waals surface area contributed by atoms with Crippen molar-refractivity contribution in [1.29, 1.82) is 0 Å². The van der Waals surface area contributed by atoms with Gasteiger partial charge >= 0.3 is 0 Å². The van der Waals surface area contributed by atoms with Crippen molar-refractivity contribution in [3.63, 3.8) is 0 Å². The van der Waals surface area contributed by atoms with Gasteiger partial charge in [-0.25, -0.2) is 8.78 Å². The van der Waals surface area contributed by atoms with E-state index in [1.54, 1.807) is 12.1 Å². The van der Waals surface area contributed by atoms with E-state index in [9.17, 15) is 8.78 Å². The van der Waals surface area contributed by atoms with Crippen molar-refractivity contribution >= 4 is 6.08 Å². The molecule has 0 radical (unpaired) electrons. The maximum absolute atomic E-state index is 12.8. The Balaban J connectivity index is 2.53. The summed E-state index contributed by atoms with van der Waals surface area (Å²) in [6.45, 7) is 3.91. The average molecular weight is 225 g/mol. The first-order chi connectivity index (χ1) is 7.38. The Morgan fingerprint density at radius 2 is 1.94 bits per heavy atom. The minimum atomic E-state index is -0.819. The van der Waals surface area contributed by atoms with Crippen LogP contribution in [-0.2, 0) is 0 Å². The van der Waals surface area contributed by atoms with Gasteiger partial charge in [0.25, 0.3) is 0 Å². The number of hydrogen-bond donors (Lipinski definition) is 1. The van der Waals surface area contributed by atoms with Crippen LogP contribution >= 0.6 is 0 Å². The molecule has 1 aromatic carbocycles. The number of nitrogens with two attached hydrogens (primary N) is 1. The molecule has 0 saturated heterocycles. The SMILES string of the molecule is CC(C)(N)CC/C=C/c1ccc(F)c(F)c1. The zero-order chi connectivity index (χ0) is 12.2. The first-order valence-electron chi connectivity index (χ1n) is 5.29. The first-order valence-corrected chi connectivity index (χ1v) is 5.29. The third-order valence-corrected chi connectivity index (χ3v) is 2.21. The highest BCUT2D eigenvalue weighted by Crippen LogP contribution is 2.12. The van der Waals surface area contributed by atoms with Crippen LogP contribution in [0.15, 0.2) is 24.3 Å². The van der Waals surface area contributed by atoms with Crippen LogP contribution in [0, 0.1) is 11.6 Å². The fourth-order valence-electron chi connectivity index (χ4n) is 1.29. The quantitative estimate of drug-likeness (QED) is 0.834. The highest BCUT2D eigenvalue weighted by molar-refractivity contribution is 5.49. The van der Waals surface area contributed by atoms with Crippen molar-refractivity contribution in [1.82, 2.24) is 0 Å². The zero-order valence-corrected chi connectivity index (χ0v) is 9.63. The van der Waals surface area contributed by atoms with Gasteiger partial charge in [-0.1, -0.05) is 18.2 Å². The van der Waals surface area contributed by atoms with Gasteiger partial charge in [-0.15, -0.1) is 0 Å². The monoisotopic (exact) mass is 225 g/mol. The molecular weight excluding hydrogens is 208 g/mol. The summed E-state index contributed by atoms with van der Waals surface area (Å²) in [6, 6.07) is 3.85. The van der Waals surface area contributed by atoms with Crippen molar-refractivity contribution < 1.29 is 8.78 Å². The van der Waals surface area contributed by atoms with Gasteiger partial charge in [0.05, 0.1) is 0 Å². The topological polar surface area (TPSA) is 26.0 Å². The van der Waals surface area contributed by atoms with E-state index in [4.69, 9.17) is 5.73 Å². The number of halogens is 2. The summed E-state index contributed by atoms with van der Waals surface area (Å²) >= 11 is 0. The van der Waals surface area contributed by atoms with Crippen LogP contribution in [0.4, 0.5) is 8.78 Å². The average Bonchev–Trinajstić information content (AvgIpc) is 2.17. The predicted molar refractivity (Wildman–Crippen MR) is 62.9 cm³/mol. The summed E-state index contributed by atoms with van der Waals surface area (Å²) in [4.78, 5) is 0. The molecule has 88 valence electrons. The summed E-state index contributed by atoms with van der Waals surface area (Å²) in [5, 5.41) is 0. The van der Waals surface area contributed by atoms with Gasteiger partial charge in [-0.05, 0) is 44.4 Å². The molecule has 1 aromatic rings. The normalized spacial score (nSPS) is 12.3. The van der Waals surface area contributed by atoms with Crippen molar-refractivity contribution in [3.05, 3.63) is 41.5 Å². The largest absolute Gasteiger partial charge is 0.326 e. The van der Waals surface area contributed by atoms with Crippen LogP contribution in [0.5, 0.6) is 0 Å². The van der Waals surface area contributed by atoms with Gasteiger partial charge < -0.3 is 5.73 Å². The Morgan fingerprint density at radius 3 is 2.50 bits per heavy atom. The molecule has 16 heavy (non-hydrogen) atoms. The molecule has 0 atom stereocenters. The summed E-state index contributed by atoms with van der Waals surface area (Å²) in [5.41, 5.74) is 6.28. The van der Waals surface area contributed by atoms with E-state index in [2.05, 4.69) is 0 Å². The molecular formula is C13H17F2N. The number of benzene rings is 1. The number of allylic oxidation sites excluding steroid dienone is 1. The summed E-state index contributed by atoms with van der Waals surface area (Å²) in [6.07, 6.45) is 5.37. The lowest BCUT2D eigenvalue weighted by atomic mass is 10.00. The van der Waals surface area contributed by atoms with Crippen LogP contribution in [0.2, 0.25) is 0 Å². The molecule has 0 amide bonds. The second-order valence-electron chi connectivity index (χ2n) is 4.60. The standard InChI is InChI=1S/C13H17F2N/c1-13(2,16)8-4-3-5-10-6-7-11(14)12(15)9-10/h3,5-7,9H,4,8,16H2,1-2H3/b5-3+. The lowest BCUT2D eigenvalue weighted by molar-refractivity contribution is 0.482. The fourth-order valence-corrected chi connectivity index (χ4v) is 1.29. The molecule has 0 aliphatic heterocycles. The van der Waals surface area contributed by atoms with Crippen molar-refractivity contribution in [2.75, 3.05) is 0 Å². The molecule has 1 rings (SSSR count). The van der Waals surface area contributed by atoms with E-state index in [-0.39, 0.29) is 5.54 Å². The number of rotatable bonds is 4. The van der Waals surface area contributed by atoms with Gasteiger partial charge in [0, 0.05) is 5.54 Å². The van der Waals surface area contributed by atoms with Crippen LogP contribution in [0.25, 0.3) is 6.08 Å². The lowest BCUT2D eigenvalue weighted by Crippen LogP contribution is -2.31. The van der Waals surface area contributed by atoms with E-state index in [0.29, 0.717) is 5.56 Å². The smallest absolute Gasteiger partial charge is 0.159 e. The van der Waals surface area contributed by atoms with Crippen LogP contribution < -0.4 is 5.73 Å². The first kappa shape index (κ1) is 12.8. The molecule has 3 heteroatoms. The van der Waals surface area contributed by atoms with Crippen LogP contribution in [0.3, 0.4) is 0 Å². The molecule has 2 N–H and O–H groups in total. The highest BCUT2D eigenvalue weighted by Gasteiger charge is 2.07. The molecule has 0 aliphatic carbocycles. The van der Waals surface area contributed by atoms with Crippen LogP contribution in [-0.4, -0.2) is 5.54 Å². The second-order valence-corrected chi connectivity index (χ2v) is 4.60. The Morgan fingerprint density at radius 1 is 1.25 bits per heavy atom. The molecule has 0 unspecified atom stereocenters. The zero-order valence-electron chi connectivity index (χ0n) is 9.63. The minimum absolute atomic E-state index is 0.196. The molecule has 0 saturated carbocycles. The maximum Gasteiger partial charge on any atom is 0.159 e.